The summed E-state index contributed by atoms with van der Waals surface area (Å²) in [5.74, 6) is 2.31. The maximum absolute atomic E-state index is 14.1. The van der Waals surface area contributed by atoms with Gasteiger partial charge in [0.15, 0.2) is 5.78 Å². The van der Waals surface area contributed by atoms with Crippen LogP contribution >= 0.6 is 0 Å². The fraction of sp³-hybridized carbons (Fsp3) is 0.833. The monoisotopic (exact) mass is 449 g/mol. The Bertz CT molecular complexity index is 982. The molecule has 0 N–H and O–H groups in total. The van der Waals surface area contributed by atoms with Crippen LogP contribution < -0.4 is 0 Å². The Morgan fingerprint density at radius 3 is 2.18 bits per heavy atom. The fourth-order valence-corrected chi connectivity index (χ4v) is 10.4. The van der Waals surface area contributed by atoms with Crippen LogP contribution in [0.3, 0.4) is 0 Å². The highest BCUT2D eigenvalue weighted by Gasteiger charge is 2.70. The molecule has 0 saturated heterocycles. The van der Waals surface area contributed by atoms with Gasteiger partial charge in [-0.3, -0.25) is 4.79 Å². The number of allylic oxidation sites excluding steroid dienone is 2. The average molecular weight is 450 g/mol. The third-order valence-corrected chi connectivity index (χ3v) is 12.3. The van der Waals surface area contributed by atoms with E-state index in [4.69, 9.17) is 6.57 Å². The number of rotatable bonds is 0. The Morgan fingerprint density at radius 2 is 1.52 bits per heavy atom. The maximum Gasteiger partial charge on any atom is 0.226 e. The fourth-order valence-electron chi connectivity index (χ4n) is 10.4. The molecule has 0 bridgehead atoms. The van der Waals surface area contributed by atoms with E-state index in [1.807, 2.05) is 19.9 Å². The molecule has 3 heteroatoms. The highest BCUT2D eigenvalue weighted by Crippen LogP contribution is 2.74. The van der Waals surface area contributed by atoms with E-state index in [1.54, 1.807) is 0 Å². The Balaban J connectivity index is 1.61. The highest BCUT2D eigenvalue weighted by molar-refractivity contribution is 6.02. The molecule has 0 aliphatic heterocycles. The van der Waals surface area contributed by atoms with Gasteiger partial charge in [0.05, 0.1) is 6.57 Å². The lowest BCUT2D eigenvalue weighted by Crippen LogP contribution is -2.67. The molecule has 5 aliphatic rings. The molecule has 0 aromatic carbocycles. The van der Waals surface area contributed by atoms with Crippen LogP contribution in [0, 0.1) is 63.2 Å². The zero-order chi connectivity index (χ0) is 24.2. The molecular formula is C30H43NO2. The van der Waals surface area contributed by atoms with Crippen molar-refractivity contribution < 1.29 is 9.59 Å². The Morgan fingerprint density at radius 1 is 0.879 bits per heavy atom. The molecular weight excluding hydrogens is 406 g/mol. The van der Waals surface area contributed by atoms with E-state index < -0.39 is 5.41 Å². The second-order valence-corrected chi connectivity index (χ2v) is 14.6. The van der Waals surface area contributed by atoms with Gasteiger partial charge in [-0.05, 0) is 90.3 Å². The Hall–Kier alpha value is -1.43. The van der Waals surface area contributed by atoms with Crippen molar-refractivity contribution >= 4 is 11.6 Å². The van der Waals surface area contributed by atoms with Gasteiger partial charge < -0.3 is 4.79 Å². The van der Waals surface area contributed by atoms with Crippen LogP contribution in [0.4, 0.5) is 0 Å². The number of ketones is 2. The van der Waals surface area contributed by atoms with Gasteiger partial charge >= 0.3 is 0 Å². The van der Waals surface area contributed by atoms with Crippen molar-refractivity contribution in [3.8, 4) is 0 Å². The van der Waals surface area contributed by atoms with Gasteiger partial charge in [-0.2, -0.15) is 0 Å². The number of Topliss-reactive ketones (excluding diaryl/α,β-unsaturated/α-hetero) is 2. The van der Waals surface area contributed by atoms with E-state index in [0.29, 0.717) is 35.2 Å². The molecule has 0 aromatic heterocycles. The van der Waals surface area contributed by atoms with Crippen LogP contribution in [0.15, 0.2) is 11.8 Å². The van der Waals surface area contributed by atoms with Crippen molar-refractivity contribution in [3.63, 3.8) is 0 Å². The topological polar surface area (TPSA) is 38.5 Å². The van der Waals surface area contributed by atoms with E-state index in [1.165, 1.54) is 25.7 Å². The summed E-state index contributed by atoms with van der Waals surface area (Å²) < 4.78 is 0. The van der Waals surface area contributed by atoms with Gasteiger partial charge in [0.25, 0.3) is 0 Å². The number of hydrogen-bond acceptors (Lipinski definition) is 2. The van der Waals surface area contributed by atoms with Crippen molar-refractivity contribution in [1.29, 1.82) is 0 Å². The molecule has 3 nitrogen and oxygen atoms in total. The third kappa shape index (κ3) is 2.85. The van der Waals surface area contributed by atoms with E-state index in [0.717, 1.165) is 19.3 Å². The van der Waals surface area contributed by atoms with Gasteiger partial charge in [-0.15, -0.1) is 0 Å². The first-order valence-electron chi connectivity index (χ1n) is 13.4. The molecule has 0 aromatic rings. The average Bonchev–Trinajstić information content (AvgIpc) is 2.72. The van der Waals surface area contributed by atoms with E-state index >= 15 is 0 Å². The first kappa shape index (κ1) is 23.3. The quantitative estimate of drug-likeness (QED) is 0.365. The van der Waals surface area contributed by atoms with Gasteiger partial charge in [0.1, 0.15) is 5.78 Å². The summed E-state index contributed by atoms with van der Waals surface area (Å²) in [5, 5.41) is 0. The zero-order valence-corrected chi connectivity index (χ0v) is 21.9. The third-order valence-electron chi connectivity index (χ3n) is 12.3. The van der Waals surface area contributed by atoms with Crippen molar-refractivity contribution in [1.82, 2.24) is 0 Å². The number of carbonyl (C=O) groups is 2. The lowest BCUT2D eigenvalue weighted by atomic mass is 9.33. The standard InChI is InChI=1S/C30H43NO2/c1-26(2)12-9-18-10-13-30(7)24(19(18)16-26)21(32)15-23-28(5)17-20(31-8)25(33)27(3,4)22(28)11-14-29(23,30)6/h17-19,22-24H,9-16H2,1-7H3/t18?,19?,22-,23?,24?,28-,29+,30+/m0/s1. The molecule has 0 amide bonds. The smallest absolute Gasteiger partial charge is 0.226 e. The number of hydrogen-bond donors (Lipinski definition) is 0. The molecule has 5 rings (SSSR count). The molecule has 180 valence electrons. The zero-order valence-electron chi connectivity index (χ0n) is 21.9. The second kappa shape index (κ2) is 6.83. The van der Waals surface area contributed by atoms with Crippen molar-refractivity contribution in [3.05, 3.63) is 23.2 Å². The maximum atomic E-state index is 14.1. The molecule has 8 atom stereocenters. The largest absolute Gasteiger partial charge is 0.307 e. The van der Waals surface area contributed by atoms with Gasteiger partial charge in [0.2, 0.25) is 5.70 Å². The van der Waals surface area contributed by atoms with Crippen molar-refractivity contribution in [2.75, 3.05) is 0 Å². The van der Waals surface area contributed by atoms with Crippen LogP contribution in [0.1, 0.15) is 99.8 Å². The van der Waals surface area contributed by atoms with Crippen molar-refractivity contribution in [2.24, 2.45) is 56.7 Å². The molecule has 0 spiro atoms. The number of carbonyl (C=O) groups excluding carboxylic acids is 2. The highest BCUT2D eigenvalue weighted by atomic mass is 16.1. The summed E-state index contributed by atoms with van der Waals surface area (Å²) in [6.07, 6.45) is 10.9. The summed E-state index contributed by atoms with van der Waals surface area (Å²) >= 11 is 0. The lowest BCUT2D eigenvalue weighted by molar-refractivity contribution is -0.210. The SMILES string of the molecule is [C-]#[N+]C1=C[C@]2(C)C3CC(=O)C4C5CC(C)(C)CCC5CC[C@@]4(C)[C@]3(C)CC[C@H]2C(C)(C)C1=O. The molecule has 4 fully saturated rings. The minimum Gasteiger partial charge on any atom is -0.307 e. The van der Waals surface area contributed by atoms with Crippen molar-refractivity contribution in [2.45, 2.75) is 99.8 Å². The Labute approximate surface area is 201 Å². The summed E-state index contributed by atoms with van der Waals surface area (Å²) in [7, 11) is 0. The summed E-state index contributed by atoms with van der Waals surface area (Å²) in [4.78, 5) is 31.0. The van der Waals surface area contributed by atoms with Gasteiger partial charge in [-0.25, -0.2) is 4.85 Å². The minimum absolute atomic E-state index is 0.000234. The predicted molar refractivity (Wildman–Crippen MR) is 131 cm³/mol. The van der Waals surface area contributed by atoms with Gasteiger partial charge in [0, 0.05) is 17.8 Å². The second-order valence-electron chi connectivity index (χ2n) is 14.6. The molecule has 4 saturated carbocycles. The first-order valence-corrected chi connectivity index (χ1v) is 13.4. The summed E-state index contributed by atoms with van der Waals surface area (Å²) in [6, 6.07) is 0. The summed E-state index contributed by atoms with van der Waals surface area (Å²) in [6.45, 7) is 23.8. The number of fused-ring (bicyclic) bond motifs is 7. The lowest BCUT2D eigenvalue weighted by Gasteiger charge is -2.70. The molecule has 4 unspecified atom stereocenters. The summed E-state index contributed by atoms with van der Waals surface area (Å²) in [5.41, 5.74) is -0.119. The minimum atomic E-state index is -0.545. The van der Waals surface area contributed by atoms with Crippen LogP contribution in [0.5, 0.6) is 0 Å². The van der Waals surface area contributed by atoms with E-state index in [-0.39, 0.29) is 39.8 Å². The number of nitrogens with zero attached hydrogens (tertiary/aromatic N) is 1. The first-order chi connectivity index (χ1) is 15.2. The molecule has 33 heavy (non-hydrogen) atoms. The van der Waals surface area contributed by atoms with Crippen LogP contribution in [-0.4, -0.2) is 11.6 Å². The van der Waals surface area contributed by atoms with E-state index in [2.05, 4.69) is 39.5 Å². The molecule has 0 heterocycles. The molecule has 5 aliphatic carbocycles. The van der Waals surface area contributed by atoms with E-state index in [9.17, 15) is 9.59 Å². The van der Waals surface area contributed by atoms with Gasteiger partial charge in [-0.1, -0.05) is 54.5 Å². The van der Waals surface area contributed by atoms with Crippen LogP contribution in [0.25, 0.3) is 4.85 Å². The predicted octanol–water partition coefficient (Wildman–Crippen LogP) is 7.27. The normalized spacial score (nSPS) is 50.1. The van der Waals surface area contributed by atoms with Crippen LogP contribution in [0.2, 0.25) is 0 Å². The Kier molecular flexibility index (Phi) is 4.82. The van der Waals surface area contributed by atoms with Crippen LogP contribution in [-0.2, 0) is 9.59 Å². The molecule has 0 radical (unpaired) electrons.